The van der Waals surface area contributed by atoms with Gasteiger partial charge in [-0.2, -0.15) is 0 Å². The fourth-order valence-corrected chi connectivity index (χ4v) is 2.83. The highest BCUT2D eigenvalue weighted by molar-refractivity contribution is 9.10. The van der Waals surface area contributed by atoms with Crippen LogP contribution in [0.1, 0.15) is 27.0 Å². The number of ketones is 1. The van der Waals surface area contributed by atoms with Crippen LogP contribution >= 0.6 is 15.9 Å². The Labute approximate surface area is 124 Å². The van der Waals surface area contributed by atoms with E-state index in [4.69, 9.17) is 4.74 Å². The van der Waals surface area contributed by atoms with Gasteiger partial charge in [0.2, 0.25) is 0 Å². The van der Waals surface area contributed by atoms with Gasteiger partial charge in [0.25, 0.3) is 0 Å². The first-order chi connectivity index (χ1) is 9.56. The van der Waals surface area contributed by atoms with Crippen molar-refractivity contribution in [1.82, 2.24) is 0 Å². The van der Waals surface area contributed by atoms with Gasteiger partial charge in [-0.25, -0.2) is 4.39 Å². The molecule has 0 N–H and O–H groups in total. The van der Waals surface area contributed by atoms with Gasteiger partial charge in [-0.15, -0.1) is 0 Å². The molecule has 0 aromatic heterocycles. The number of carbonyl (C=O) groups is 1. The first-order valence-electron chi connectivity index (χ1n) is 6.32. The van der Waals surface area contributed by atoms with Crippen LogP contribution in [0.3, 0.4) is 0 Å². The van der Waals surface area contributed by atoms with Crippen molar-refractivity contribution in [3.05, 3.63) is 62.9 Å². The second-order valence-corrected chi connectivity index (χ2v) is 5.75. The second kappa shape index (κ2) is 5.02. The summed E-state index contributed by atoms with van der Waals surface area (Å²) in [5.74, 6) is 0.0333. The molecule has 102 valence electrons. The Bertz CT molecular complexity index is 710. The van der Waals surface area contributed by atoms with Gasteiger partial charge in [0, 0.05) is 16.5 Å². The van der Waals surface area contributed by atoms with Crippen LogP contribution in [0.2, 0.25) is 0 Å². The molecular formula is C16H12BrFO2. The number of aryl methyl sites for hydroxylation is 1. The van der Waals surface area contributed by atoms with E-state index in [1.54, 1.807) is 25.1 Å². The quantitative estimate of drug-likeness (QED) is 0.774. The minimum Gasteiger partial charge on any atom is -0.492 e. The minimum absolute atomic E-state index is 0.219. The van der Waals surface area contributed by atoms with Crippen LogP contribution in [0, 0.1) is 12.7 Å². The van der Waals surface area contributed by atoms with Gasteiger partial charge in [-0.1, -0.05) is 28.1 Å². The van der Waals surface area contributed by atoms with Gasteiger partial charge < -0.3 is 4.74 Å². The monoisotopic (exact) mass is 334 g/mol. The SMILES string of the molecule is Cc1ccc(C(=O)c2cc(Br)cc3c2OCC3)cc1F. The lowest BCUT2D eigenvalue weighted by Gasteiger charge is -2.09. The molecule has 1 aliphatic rings. The van der Waals surface area contributed by atoms with E-state index >= 15 is 0 Å². The number of halogens is 2. The van der Waals surface area contributed by atoms with E-state index in [0.29, 0.717) is 29.0 Å². The predicted octanol–water partition coefficient (Wildman–Crippen LogP) is 4.06. The fourth-order valence-electron chi connectivity index (χ4n) is 2.33. The first-order valence-corrected chi connectivity index (χ1v) is 7.11. The maximum absolute atomic E-state index is 13.6. The van der Waals surface area contributed by atoms with Crippen LogP contribution < -0.4 is 4.74 Å². The molecule has 0 saturated carbocycles. The molecule has 0 radical (unpaired) electrons. The van der Waals surface area contributed by atoms with Gasteiger partial charge >= 0.3 is 0 Å². The number of hydrogen-bond donors (Lipinski definition) is 0. The lowest BCUT2D eigenvalue weighted by molar-refractivity contribution is 0.103. The summed E-state index contributed by atoms with van der Waals surface area (Å²) in [6.45, 7) is 2.25. The maximum atomic E-state index is 13.6. The van der Waals surface area contributed by atoms with Crippen molar-refractivity contribution < 1.29 is 13.9 Å². The standard InChI is InChI=1S/C16H12BrFO2/c1-9-2-3-10(7-14(9)18)15(19)13-8-12(17)6-11-4-5-20-16(11)13/h2-3,6-8H,4-5H2,1H3. The maximum Gasteiger partial charge on any atom is 0.196 e. The number of benzene rings is 2. The Kier molecular flexibility index (Phi) is 3.34. The zero-order valence-corrected chi connectivity index (χ0v) is 12.5. The Balaban J connectivity index is 2.09. The zero-order chi connectivity index (χ0) is 14.3. The van der Waals surface area contributed by atoms with Crippen molar-refractivity contribution in [3.63, 3.8) is 0 Å². The van der Waals surface area contributed by atoms with E-state index in [9.17, 15) is 9.18 Å². The first kappa shape index (κ1) is 13.3. The van der Waals surface area contributed by atoms with Gasteiger partial charge in [0.15, 0.2) is 5.78 Å². The highest BCUT2D eigenvalue weighted by Gasteiger charge is 2.23. The molecule has 0 bridgehead atoms. The van der Waals surface area contributed by atoms with Crippen LogP contribution in [0.15, 0.2) is 34.8 Å². The van der Waals surface area contributed by atoms with Crippen LogP contribution in [0.25, 0.3) is 0 Å². The topological polar surface area (TPSA) is 26.3 Å². The lowest BCUT2D eigenvalue weighted by Crippen LogP contribution is -2.05. The largest absolute Gasteiger partial charge is 0.492 e. The Hall–Kier alpha value is -1.68. The summed E-state index contributed by atoms with van der Waals surface area (Å²) >= 11 is 3.40. The Morgan fingerprint density at radius 3 is 2.85 bits per heavy atom. The molecule has 1 aliphatic heterocycles. The van der Waals surface area contributed by atoms with Crippen LogP contribution in [0.4, 0.5) is 4.39 Å². The van der Waals surface area contributed by atoms with Gasteiger partial charge in [-0.3, -0.25) is 4.79 Å². The predicted molar refractivity (Wildman–Crippen MR) is 77.9 cm³/mol. The van der Waals surface area contributed by atoms with Crippen molar-refractivity contribution in [2.24, 2.45) is 0 Å². The molecule has 2 nitrogen and oxygen atoms in total. The van der Waals surface area contributed by atoms with Crippen molar-refractivity contribution in [2.45, 2.75) is 13.3 Å². The lowest BCUT2D eigenvalue weighted by atomic mass is 9.99. The minimum atomic E-state index is -0.372. The van der Waals surface area contributed by atoms with E-state index < -0.39 is 0 Å². The molecule has 2 aromatic carbocycles. The van der Waals surface area contributed by atoms with E-state index in [1.807, 2.05) is 6.07 Å². The van der Waals surface area contributed by atoms with Crippen molar-refractivity contribution >= 4 is 21.7 Å². The summed E-state index contributed by atoms with van der Waals surface area (Å²) in [6.07, 6.45) is 0.789. The molecule has 0 saturated heterocycles. The van der Waals surface area contributed by atoms with Gasteiger partial charge in [0.1, 0.15) is 11.6 Å². The molecule has 3 rings (SSSR count). The van der Waals surface area contributed by atoms with Crippen LogP contribution in [-0.4, -0.2) is 12.4 Å². The van der Waals surface area contributed by atoms with Crippen LogP contribution in [0.5, 0.6) is 5.75 Å². The smallest absolute Gasteiger partial charge is 0.196 e. The molecule has 1 heterocycles. The summed E-state index contributed by atoms with van der Waals surface area (Å²) in [5.41, 5.74) is 2.35. The van der Waals surface area contributed by atoms with Crippen molar-refractivity contribution in [1.29, 1.82) is 0 Å². The third-order valence-corrected chi connectivity index (χ3v) is 3.88. The molecular weight excluding hydrogens is 323 g/mol. The summed E-state index contributed by atoms with van der Waals surface area (Å²) in [5, 5.41) is 0. The van der Waals surface area contributed by atoms with E-state index in [2.05, 4.69) is 15.9 Å². The summed E-state index contributed by atoms with van der Waals surface area (Å²) in [4.78, 5) is 12.6. The summed E-state index contributed by atoms with van der Waals surface area (Å²) < 4.78 is 20.0. The zero-order valence-electron chi connectivity index (χ0n) is 10.9. The number of fused-ring (bicyclic) bond motifs is 1. The average Bonchev–Trinajstić information content (AvgIpc) is 2.88. The fraction of sp³-hybridized carbons (Fsp3) is 0.188. The molecule has 0 spiro atoms. The number of carbonyl (C=O) groups excluding carboxylic acids is 1. The van der Waals surface area contributed by atoms with E-state index in [0.717, 1.165) is 16.5 Å². The van der Waals surface area contributed by atoms with Crippen molar-refractivity contribution in [3.8, 4) is 5.75 Å². The molecule has 2 aromatic rings. The molecule has 0 amide bonds. The molecule has 0 atom stereocenters. The number of hydrogen-bond acceptors (Lipinski definition) is 2. The molecule has 20 heavy (non-hydrogen) atoms. The summed E-state index contributed by atoms with van der Waals surface area (Å²) in [7, 11) is 0. The molecule has 0 fully saturated rings. The highest BCUT2D eigenvalue weighted by atomic mass is 79.9. The second-order valence-electron chi connectivity index (χ2n) is 4.83. The highest BCUT2D eigenvalue weighted by Crippen LogP contribution is 2.34. The van der Waals surface area contributed by atoms with Crippen molar-refractivity contribution in [2.75, 3.05) is 6.61 Å². The molecule has 4 heteroatoms. The Morgan fingerprint density at radius 1 is 1.30 bits per heavy atom. The van der Waals surface area contributed by atoms with Gasteiger partial charge in [0.05, 0.1) is 12.2 Å². The van der Waals surface area contributed by atoms with Gasteiger partial charge in [-0.05, 0) is 36.2 Å². The third kappa shape index (κ3) is 2.24. The van der Waals surface area contributed by atoms with E-state index in [1.165, 1.54) is 6.07 Å². The summed E-state index contributed by atoms with van der Waals surface area (Å²) in [6, 6.07) is 8.21. The Morgan fingerprint density at radius 2 is 2.10 bits per heavy atom. The van der Waals surface area contributed by atoms with E-state index in [-0.39, 0.29) is 11.6 Å². The number of rotatable bonds is 2. The molecule has 0 unspecified atom stereocenters. The average molecular weight is 335 g/mol. The normalized spacial score (nSPS) is 12.9. The van der Waals surface area contributed by atoms with Crippen LogP contribution in [-0.2, 0) is 6.42 Å². The number of ether oxygens (including phenoxy) is 1. The molecule has 0 aliphatic carbocycles. The third-order valence-electron chi connectivity index (χ3n) is 3.43.